The van der Waals surface area contributed by atoms with Crippen LogP contribution in [0.3, 0.4) is 0 Å². The van der Waals surface area contributed by atoms with Crippen molar-refractivity contribution < 1.29 is 14.7 Å². The molecule has 1 fully saturated rings. The van der Waals surface area contributed by atoms with Gasteiger partial charge in [0.2, 0.25) is 0 Å². The average Bonchev–Trinajstić information content (AvgIpc) is 3.14. The van der Waals surface area contributed by atoms with Crippen LogP contribution in [-0.4, -0.2) is 50.0 Å². The zero-order chi connectivity index (χ0) is 16.6. The minimum absolute atomic E-state index is 0. The molecule has 0 saturated carbocycles. The fraction of sp³-hybridized carbons (Fsp3) is 0.333. The Labute approximate surface area is 149 Å². The highest BCUT2D eigenvalue weighted by Gasteiger charge is 2.33. The minimum atomic E-state index is -0.878. The number of aromatic nitrogens is 3. The van der Waals surface area contributed by atoms with E-state index in [0.29, 0.717) is 29.4 Å². The summed E-state index contributed by atoms with van der Waals surface area (Å²) in [5.74, 6) is -1.70. The summed E-state index contributed by atoms with van der Waals surface area (Å²) in [6, 6.07) is 7.15. The number of aliphatic carboxylic acids is 1. The smallest absolute Gasteiger partial charge is 0.308 e. The Hall–Kier alpha value is -2.12. The molecule has 1 amide bonds. The Morgan fingerprint density at radius 2 is 2.04 bits per heavy atom. The first-order valence-electron chi connectivity index (χ1n) is 7.18. The Balaban J connectivity index is 0.00000208. The van der Waals surface area contributed by atoms with E-state index in [1.807, 2.05) is 6.07 Å². The van der Waals surface area contributed by atoms with E-state index in [0.717, 1.165) is 0 Å². The Morgan fingerprint density at radius 3 is 2.67 bits per heavy atom. The van der Waals surface area contributed by atoms with Crippen LogP contribution in [0.4, 0.5) is 0 Å². The van der Waals surface area contributed by atoms with Gasteiger partial charge in [-0.2, -0.15) is 0 Å². The van der Waals surface area contributed by atoms with Crippen LogP contribution in [0.1, 0.15) is 22.6 Å². The van der Waals surface area contributed by atoms with Crippen molar-refractivity contribution in [2.75, 3.05) is 13.1 Å². The molecular formula is C15H16Cl2N4O3. The summed E-state index contributed by atoms with van der Waals surface area (Å²) in [4.78, 5) is 25.1. The molecule has 2 heterocycles. The normalized spacial score (nSPS) is 16.8. The number of likely N-dealkylation sites (tertiary alicyclic amines) is 1. The van der Waals surface area contributed by atoms with Gasteiger partial charge in [0.25, 0.3) is 5.91 Å². The topological polar surface area (TPSA) is 88.3 Å². The Kier molecular flexibility index (Phi) is 5.46. The molecule has 128 valence electrons. The number of carbonyl (C=O) groups excluding carboxylic acids is 1. The number of rotatable bonds is 3. The fourth-order valence-corrected chi connectivity index (χ4v) is 2.89. The number of carbonyl (C=O) groups is 2. The van der Waals surface area contributed by atoms with Gasteiger partial charge in [-0.05, 0) is 25.5 Å². The third-order valence-corrected chi connectivity index (χ3v) is 4.32. The molecule has 1 unspecified atom stereocenters. The Bertz CT molecular complexity index is 778. The number of nitrogens with zero attached hydrogens (tertiary/aromatic N) is 4. The highest BCUT2D eigenvalue weighted by molar-refractivity contribution is 6.32. The van der Waals surface area contributed by atoms with Gasteiger partial charge in [0.15, 0.2) is 5.69 Å². The molecule has 1 saturated heterocycles. The lowest BCUT2D eigenvalue weighted by Crippen LogP contribution is -2.30. The number of benzene rings is 1. The predicted octanol–water partition coefficient (Wildman–Crippen LogP) is 2.20. The van der Waals surface area contributed by atoms with E-state index < -0.39 is 11.9 Å². The molecule has 24 heavy (non-hydrogen) atoms. The van der Waals surface area contributed by atoms with Gasteiger partial charge in [-0.1, -0.05) is 28.9 Å². The Morgan fingerprint density at radius 1 is 1.33 bits per heavy atom. The fourth-order valence-electron chi connectivity index (χ4n) is 2.68. The van der Waals surface area contributed by atoms with Gasteiger partial charge in [0.1, 0.15) is 0 Å². The van der Waals surface area contributed by atoms with Gasteiger partial charge in [-0.15, -0.1) is 17.5 Å². The number of amides is 1. The molecule has 1 atom stereocenters. The van der Waals surface area contributed by atoms with Crippen molar-refractivity contribution >= 4 is 35.9 Å². The molecule has 3 rings (SSSR count). The van der Waals surface area contributed by atoms with Crippen LogP contribution in [0.15, 0.2) is 24.3 Å². The van der Waals surface area contributed by atoms with Gasteiger partial charge < -0.3 is 10.0 Å². The van der Waals surface area contributed by atoms with E-state index in [-0.39, 0.29) is 30.6 Å². The first-order valence-corrected chi connectivity index (χ1v) is 7.56. The van der Waals surface area contributed by atoms with Gasteiger partial charge in [-0.25, -0.2) is 4.68 Å². The second-order valence-corrected chi connectivity index (χ2v) is 5.87. The summed E-state index contributed by atoms with van der Waals surface area (Å²) in [5.41, 5.74) is 1.43. The summed E-state index contributed by atoms with van der Waals surface area (Å²) in [7, 11) is 0. The molecule has 2 aromatic rings. The van der Waals surface area contributed by atoms with Crippen molar-refractivity contribution in [3.05, 3.63) is 40.7 Å². The second-order valence-electron chi connectivity index (χ2n) is 5.46. The van der Waals surface area contributed by atoms with Gasteiger partial charge >= 0.3 is 5.97 Å². The van der Waals surface area contributed by atoms with Gasteiger partial charge in [0, 0.05) is 13.1 Å². The van der Waals surface area contributed by atoms with Crippen LogP contribution < -0.4 is 0 Å². The summed E-state index contributed by atoms with van der Waals surface area (Å²) in [5, 5.41) is 17.5. The maximum Gasteiger partial charge on any atom is 0.308 e. The van der Waals surface area contributed by atoms with E-state index in [1.54, 1.807) is 25.1 Å². The van der Waals surface area contributed by atoms with Crippen molar-refractivity contribution in [3.8, 4) is 5.69 Å². The number of hydrogen-bond donors (Lipinski definition) is 1. The average molecular weight is 371 g/mol. The van der Waals surface area contributed by atoms with Crippen LogP contribution in [0.5, 0.6) is 0 Å². The highest BCUT2D eigenvalue weighted by atomic mass is 35.5. The van der Waals surface area contributed by atoms with E-state index >= 15 is 0 Å². The molecule has 9 heteroatoms. The van der Waals surface area contributed by atoms with Crippen molar-refractivity contribution in [1.82, 2.24) is 19.9 Å². The molecule has 1 aromatic heterocycles. The molecule has 7 nitrogen and oxygen atoms in total. The molecule has 0 spiro atoms. The zero-order valence-corrected chi connectivity index (χ0v) is 14.4. The molecule has 1 aliphatic heterocycles. The number of carboxylic acids is 1. The first kappa shape index (κ1) is 18.2. The van der Waals surface area contributed by atoms with Crippen LogP contribution in [0.2, 0.25) is 5.02 Å². The maximum absolute atomic E-state index is 12.5. The predicted molar refractivity (Wildman–Crippen MR) is 90.0 cm³/mol. The van der Waals surface area contributed by atoms with Crippen molar-refractivity contribution in [1.29, 1.82) is 0 Å². The maximum atomic E-state index is 12.5. The van der Waals surface area contributed by atoms with Crippen LogP contribution in [0, 0.1) is 12.8 Å². The lowest BCUT2D eigenvalue weighted by atomic mass is 10.1. The molecule has 1 aliphatic rings. The number of para-hydroxylation sites is 1. The van der Waals surface area contributed by atoms with Gasteiger partial charge in [-0.3, -0.25) is 9.59 Å². The van der Waals surface area contributed by atoms with Crippen LogP contribution in [-0.2, 0) is 4.79 Å². The van der Waals surface area contributed by atoms with Crippen LogP contribution >= 0.6 is 24.0 Å². The summed E-state index contributed by atoms with van der Waals surface area (Å²) < 4.78 is 1.51. The molecular weight excluding hydrogens is 355 g/mol. The van der Waals surface area contributed by atoms with E-state index in [9.17, 15) is 9.59 Å². The van der Waals surface area contributed by atoms with Crippen LogP contribution in [0.25, 0.3) is 5.69 Å². The van der Waals surface area contributed by atoms with Crippen molar-refractivity contribution in [2.24, 2.45) is 5.92 Å². The quantitative estimate of drug-likeness (QED) is 0.894. The monoisotopic (exact) mass is 370 g/mol. The first-order chi connectivity index (χ1) is 11.0. The minimum Gasteiger partial charge on any atom is -0.481 e. The van der Waals surface area contributed by atoms with E-state index in [1.165, 1.54) is 9.58 Å². The molecule has 1 N–H and O–H groups in total. The SMILES string of the molecule is Cc1c(C(=O)N2CCC(C(=O)O)C2)nnn1-c1ccccc1Cl.Cl. The third-order valence-electron chi connectivity index (χ3n) is 4.00. The number of halogens is 2. The molecule has 0 bridgehead atoms. The van der Waals surface area contributed by atoms with Crippen molar-refractivity contribution in [2.45, 2.75) is 13.3 Å². The third kappa shape index (κ3) is 3.22. The van der Waals surface area contributed by atoms with E-state index in [2.05, 4.69) is 10.3 Å². The zero-order valence-electron chi connectivity index (χ0n) is 12.8. The largest absolute Gasteiger partial charge is 0.481 e. The van der Waals surface area contributed by atoms with E-state index in [4.69, 9.17) is 16.7 Å². The molecule has 1 aromatic carbocycles. The van der Waals surface area contributed by atoms with Gasteiger partial charge in [0.05, 0.1) is 22.3 Å². The van der Waals surface area contributed by atoms with Crippen molar-refractivity contribution in [3.63, 3.8) is 0 Å². The number of hydrogen-bond acceptors (Lipinski definition) is 4. The summed E-state index contributed by atoms with van der Waals surface area (Å²) in [6.45, 7) is 2.35. The number of carboxylic acid groups (broad SMARTS) is 1. The lowest BCUT2D eigenvalue weighted by Gasteiger charge is -2.14. The summed E-state index contributed by atoms with van der Waals surface area (Å²) >= 11 is 6.15. The summed E-state index contributed by atoms with van der Waals surface area (Å²) in [6.07, 6.45) is 0.457. The molecule has 0 radical (unpaired) electrons. The second kappa shape index (κ2) is 7.19. The lowest BCUT2D eigenvalue weighted by molar-refractivity contribution is -0.141. The standard InChI is InChI=1S/C15H15ClN4O3.ClH/c1-9-13(14(21)19-7-6-10(8-19)15(22)23)17-18-20(9)12-5-3-2-4-11(12)16;/h2-5,10H,6-8H2,1H3,(H,22,23);1H. The molecule has 0 aliphatic carbocycles. The highest BCUT2D eigenvalue weighted by Crippen LogP contribution is 2.23.